The first-order valence-corrected chi connectivity index (χ1v) is 13.9. The van der Waals surface area contributed by atoms with Crippen molar-refractivity contribution in [3.8, 4) is 0 Å². The van der Waals surface area contributed by atoms with Crippen LogP contribution >= 0.6 is 7.82 Å². The van der Waals surface area contributed by atoms with Crippen LogP contribution in [0.4, 0.5) is 11.4 Å². The molecule has 0 bridgehead atoms. The van der Waals surface area contributed by atoms with E-state index in [-0.39, 0.29) is 22.4 Å². The van der Waals surface area contributed by atoms with Crippen LogP contribution in [0.5, 0.6) is 0 Å². The number of nitrogens with one attached hydrogen (secondary N) is 1. The summed E-state index contributed by atoms with van der Waals surface area (Å²) in [5, 5.41) is 4.91. The summed E-state index contributed by atoms with van der Waals surface area (Å²) in [6.07, 6.45) is 0.951. The highest BCUT2D eigenvalue weighted by atomic mass is 32.2. The quantitative estimate of drug-likeness (QED) is 0.0968. The molecular weight excluding hydrogens is 497 g/mol. The molecule has 0 amide bonds. The summed E-state index contributed by atoms with van der Waals surface area (Å²) in [5.74, 6) is 0.451. The molecule has 4 rings (SSSR count). The van der Waals surface area contributed by atoms with Crippen LogP contribution in [0, 0.1) is 16.7 Å². The number of phosphoric acid groups is 1. The lowest BCUT2D eigenvalue weighted by molar-refractivity contribution is 0.0274. The summed E-state index contributed by atoms with van der Waals surface area (Å²) >= 11 is 0. The molecule has 1 heterocycles. The molecule has 2 atom stereocenters. The van der Waals surface area contributed by atoms with E-state index in [1.54, 1.807) is 24.3 Å². The third kappa shape index (κ3) is 5.39. The molecule has 13 heteroatoms. The Kier molecular flexibility index (Phi) is 7.26. The van der Waals surface area contributed by atoms with E-state index in [1.807, 2.05) is 13.8 Å². The number of rotatable bonds is 8. The van der Waals surface area contributed by atoms with Gasteiger partial charge in [-0.3, -0.25) is 10.0 Å². The second-order valence-corrected chi connectivity index (χ2v) is 12.0. The van der Waals surface area contributed by atoms with Gasteiger partial charge in [0.2, 0.25) is 10.0 Å². The maximum absolute atomic E-state index is 13.5. The molecule has 35 heavy (non-hydrogen) atoms. The summed E-state index contributed by atoms with van der Waals surface area (Å²) in [5.41, 5.74) is 3.04. The molecular formula is C22H26N3O8PS. The van der Waals surface area contributed by atoms with Gasteiger partial charge in [-0.25, -0.2) is 17.8 Å². The summed E-state index contributed by atoms with van der Waals surface area (Å²) in [4.78, 5) is 34.7. The van der Waals surface area contributed by atoms with Gasteiger partial charge in [-0.05, 0) is 35.6 Å². The maximum atomic E-state index is 13.5. The van der Waals surface area contributed by atoms with Gasteiger partial charge in [-0.15, -0.1) is 4.91 Å². The molecule has 1 aliphatic rings. The van der Waals surface area contributed by atoms with Crippen LogP contribution in [0.15, 0.2) is 52.5 Å². The smallest absolute Gasteiger partial charge is 0.303 e. The first kappa shape index (κ1) is 25.6. The van der Waals surface area contributed by atoms with E-state index in [4.69, 9.17) is 14.6 Å². The zero-order valence-corrected chi connectivity index (χ0v) is 20.8. The van der Waals surface area contributed by atoms with Gasteiger partial charge in [0, 0.05) is 34.6 Å². The van der Waals surface area contributed by atoms with Crippen molar-refractivity contribution in [3.63, 3.8) is 0 Å². The van der Waals surface area contributed by atoms with Crippen molar-refractivity contribution in [2.45, 2.75) is 25.2 Å². The number of hydrogen-bond acceptors (Lipinski definition) is 8. The SMILES string of the molecule is CC1CC(C)CN(S(=O)(=O)c2ccc3c(N=O)c4ccccc4c(NOCOP(=O)(O)O)c3c2)C1. The van der Waals surface area contributed by atoms with Crippen molar-refractivity contribution in [1.29, 1.82) is 0 Å². The number of nitrogens with zero attached hydrogens (tertiary/aromatic N) is 2. The van der Waals surface area contributed by atoms with E-state index in [0.29, 0.717) is 40.3 Å². The number of benzene rings is 3. The van der Waals surface area contributed by atoms with E-state index in [0.717, 1.165) is 6.42 Å². The molecule has 2 unspecified atom stereocenters. The average Bonchev–Trinajstić information content (AvgIpc) is 2.79. The predicted octanol–water partition coefficient (Wildman–Crippen LogP) is 4.47. The molecule has 1 fully saturated rings. The Morgan fingerprint density at radius 1 is 1.06 bits per heavy atom. The third-order valence-electron chi connectivity index (χ3n) is 5.99. The van der Waals surface area contributed by atoms with Crippen LogP contribution in [-0.4, -0.2) is 42.4 Å². The second-order valence-electron chi connectivity index (χ2n) is 8.82. The molecule has 3 N–H and O–H groups in total. The molecule has 0 aliphatic carbocycles. The zero-order chi connectivity index (χ0) is 25.4. The van der Waals surface area contributed by atoms with Crippen molar-refractivity contribution in [2.24, 2.45) is 17.0 Å². The summed E-state index contributed by atoms with van der Waals surface area (Å²) in [6, 6.07) is 11.2. The molecule has 0 aromatic heterocycles. The first-order valence-electron chi connectivity index (χ1n) is 10.9. The van der Waals surface area contributed by atoms with Crippen molar-refractivity contribution in [2.75, 3.05) is 25.4 Å². The number of fused-ring (bicyclic) bond motifs is 2. The Morgan fingerprint density at radius 3 is 2.31 bits per heavy atom. The van der Waals surface area contributed by atoms with E-state index in [9.17, 15) is 17.9 Å². The highest BCUT2D eigenvalue weighted by molar-refractivity contribution is 7.89. The fourth-order valence-corrected chi connectivity index (χ4v) is 6.55. The van der Waals surface area contributed by atoms with Gasteiger partial charge in [0.1, 0.15) is 5.69 Å². The van der Waals surface area contributed by atoms with Crippen LogP contribution in [0.3, 0.4) is 0 Å². The third-order valence-corrected chi connectivity index (χ3v) is 8.25. The van der Waals surface area contributed by atoms with Gasteiger partial charge in [-0.1, -0.05) is 44.2 Å². The maximum Gasteiger partial charge on any atom is 0.471 e. The van der Waals surface area contributed by atoms with Crippen molar-refractivity contribution >= 4 is 50.8 Å². The molecule has 188 valence electrons. The number of sulfonamides is 1. The number of phosphoric ester groups is 1. The Morgan fingerprint density at radius 2 is 1.69 bits per heavy atom. The van der Waals surface area contributed by atoms with Crippen LogP contribution in [0.2, 0.25) is 0 Å². The second kappa shape index (κ2) is 9.90. The molecule has 3 aromatic rings. The largest absolute Gasteiger partial charge is 0.471 e. The minimum absolute atomic E-state index is 0.0490. The summed E-state index contributed by atoms with van der Waals surface area (Å²) in [6.45, 7) is 4.09. The first-order chi connectivity index (χ1) is 16.5. The predicted molar refractivity (Wildman–Crippen MR) is 131 cm³/mol. The van der Waals surface area contributed by atoms with Crippen molar-refractivity contribution < 1.29 is 32.1 Å². The lowest BCUT2D eigenvalue weighted by atomic mass is 9.94. The minimum atomic E-state index is -4.76. The normalized spacial score (nSPS) is 19.8. The number of anilines is 1. The topological polar surface area (TPSA) is 155 Å². The molecule has 0 saturated carbocycles. The molecule has 0 spiro atoms. The van der Waals surface area contributed by atoms with E-state index < -0.39 is 24.6 Å². The number of nitroso groups, excluding NO2 is 1. The Hall–Kier alpha value is -2.44. The van der Waals surface area contributed by atoms with Gasteiger partial charge in [-0.2, -0.15) is 4.31 Å². The van der Waals surface area contributed by atoms with Gasteiger partial charge in [0.25, 0.3) is 0 Å². The van der Waals surface area contributed by atoms with Gasteiger partial charge in [0.15, 0.2) is 6.79 Å². The molecule has 3 aromatic carbocycles. The van der Waals surface area contributed by atoms with E-state index in [1.165, 1.54) is 22.5 Å². The number of hydrogen-bond donors (Lipinski definition) is 3. The molecule has 1 aliphatic heterocycles. The molecule has 11 nitrogen and oxygen atoms in total. The monoisotopic (exact) mass is 523 g/mol. The summed E-state index contributed by atoms with van der Waals surface area (Å²) in [7, 11) is -8.58. The standard InChI is InChI=1S/C22H26N3O8PS/c1-14-9-15(2)12-25(11-14)35(30,31)16-7-8-19-20(10-16)22(24-32-13-33-34(27,28)29)18-6-4-3-5-17(18)21(19)23-26/h3-8,10,14-15,24H,9,11-13H2,1-2H3,(H2,27,28,29). The minimum Gasteiger partial charge on any atom is -0.303 e. The fraction of sp³-hybridized carbons (Fsp3) is 0.364. The Bertz CT molecular complexity index is 1420. The fourth-order valence-electron chi connectivity index (χ4n) is 4.65. The zero-order valence-electron chi connectivity index (χ0n) is 19.1. The van der Waals surface area contributed by atoms with Crippen molar-refractivity contribution in [3.05, 3.63) is 47.4 Å². The van der Waals surface area contributed by atoms with Gasteiger partial charge < -0.3 is 9.79 Å². The highest BCUT2D eigenvalue weighted by Gasteiger charge is 2.32. The van der Waals surface area contributed by atoms with Crippen LogP contribution < -0.4 is 5.48 Å². The lowest BCUT2D eigenvalue weighted by Gasteiger charge is -2.34. The van der Waals surface area contributed by atoms with Crippen LogP contribution in [0.25, 0.3) is 21.5 Å². The van der Waals surface area contributed by atoms with E-state index in [2.05, 4.69) is 15.2 Å². The Labute approximate surface area is 202 Å². The van der Waals surface area contributed by atoms with Crippen molar-refractivity contribution in [1.82, 2.24) is 4.31 Å². The number of piperidine rings is 1. The average molecular weight is 524 g/mol. The molecule has 0 radical (unpaired) electrons. The van der Waals surface area contributed by atoms with Gasteiger partial charge >= 0.3 is 7.82 Å². The van der Waals surface area contributed by atoms with Crippen LogP contribution in [-0.2, 0) is 23.9 Å². The lowest BCUT2D eigenvalue weighted by Crippen LogP contribution is -2.42. The van der Waals surface area contributed by atoms with E-state index >= 15 is 0 Å². The Balaban J connectivity index is 1.84. The highest BCUT2D eigenvalue weighted by Crippen LogP contribution is 2.43. The molecule has 1 saturated heterocycles. The summed E-state index contributed by atoms with van der Waals surface area (Å²) < 4.78 is 43.7. The van der Waals surface area contributed by atoms with Crippen LogP contribution in [0.1, 0.15) is 20.3 Å². The van der Waals surface area contributed by atoms with Gasteiger partial charge in [0.05, 0.1) is 10.6 Å².